The number of likely N-dealkylation sites (tertiary alicyclic amines) is 1. The first kappa shape index (κ1) is 14.5. The summed E-state index contributed by atoms with van der Waals surface area (Å²) in [5, 5.41) is 2.97. The number of hydrogen-bond donors (Lipinski definition) is 1. The standard InChI is InChI=1S/C13H26N2O2/c1-4-12-7-5-6-8-15(12)9-13(16)14-11(2)10-17-3/h11-12H,4-10H2,1-3H3,(H,14,16)/t11-,12-/m1/s1. The molecule has 1 rings (SSSR count). The van der Waals surface area contributed by atoms with Crippen molar-refractivity contribution >= 4 is 5.91 Å². The molecule has 1 fully saturated rings. The first-order valence-corrected chi connectivity index (χ1v) is 6.69. The predicted octanol–water partition coefficient (Wildman–Crippen LogP) is 1.40. The highest BCUT2D eigenvalue weighted by atomic mass is 16.5. The lowest BCUT2D eigenvalue weighted by molar-refractivity contribution is -0.124. The van der Waals surface area contributed by atoms with Gasteiger partial charge in [-0.3, -0.25) is 9.69 Å². The number of nitrogens with one attached hydrogen (secondary N) is 1. The third kappa shape index (κ3) is 5.04. The number of piperidine rings is 1. The van der Waals surface area contributed by atoms with Gasteiger partial charge in [0, 0.05) is 19.2 Å². The van der Waals surface area contributed by atoms with Crippen LogP contribution in [0, 0.1) is 0 Å². The Morgan fingerprint density at radius 2 is 2.29 bits per heavy atom. The molecular weight excluding hydrogens is 216 g/mol. The van der Waals surface area contributed by atoms with Crippen molar-refractivity contribution in [3.05, 3.63) is 0 Å². The summed E-state index contributed by atoms with van der Waals surface area (Å²) in [5.41, 5.74) is 0. The Balaban J connectivity index is 2.33. The van der Waals surface area contributed by atoms with Gasteiger partial charge in [-0.2, -0.15) is 0 Å². The van der Waals surface area contributed by atoms with Crippen LogP contribution in [0.25, 0.3) is 0 Å². The van der Waals surface area contributed by atoms with E-state index in [0.29, 0.717) is 19.2 Å². The fraction of sp³-hybridized carbons (Fsp3) is 0.923. The Labute approximate surface area is 105 Å². The third-order valence-electron chi connectivity index (χ3n) is 3.39. The van der Waals surface area contributed by atoms with Gasteiger partial charge in [0.2, 0.25) is 5.91 Å². The van der Waals surface area contributed by atoms with Crippen LogP contribution >= 0.6 is 0 Å². The molecule has 1 amide bonds. The molecule has 0 unspecified atom stereocenters. The molecule has 0 aromatic rings. The van der Waals surface area contributed by atoms with Gasteiger partial charge < -0.3 is 10.1 Å². The Bertz CT molecular complexity index is 233. The second-order valence-corrected chi connectivity index (χ2v) is 4.95. The second-order valence-electron chi connectivity index (χ2n) is 4.95. The monoisotopic (exact) mass is 242 g/mol. The fourth-order valence-electron chi connectivity index (χ4n) is 2.53. The van der Waals surface area contributed by atoms with E-state index in [1.54, 1.807) is 7.11 Å². The molecule has 0 aliphatic carbocycles. The molecule has 1 N–H and O–H groups in total. The van der Waals surface area contributed by atoms with E-state index in [2.05, 4.69) is 17.1 Å². The van der Waals surface area contributed by atoms with Crippen LogP contribution in [-0.2, 0) is 9.53 Å². The minimum atomic E-state index is 0.0948. The predicted molar refractivity (Wildman–Crippen MR) is 69.0 cm³/mol. The first-order chi connectivity index (χ1) is 8.17. The van der Waals surface area contributed by atoms with Crippen molar-refractivity contribution < 1.29 is 9.53 Å². The summed E-state index contributed by atoms with van der Waals surface area (Å²) in [6.07, 6.45) is 4.90. The molecule has 0 spiro atoms. The number of methoxy groups -OCH3 is 1. The van der Waals surface area contributed by atoms with Crippen LogP contribution in [-0.4, -0.2) is 49.7 Å². The molecule has 2 atom stereocenters. The van der Waals surface area contributed by atoms with E-state index in [-0.39, 0.29) is 11.9 Å². The second kappa shape index (κ2) is 7.67. The van der Waals surface area contributed by atoms with Gasteiger partial charge in [0.1, 0.15) is 0 Å². The highest BCUT2D eigenvalue weighted by Crippen LogP contribution is 2.18. The summed E-state index contributed by atoms with van der Waals surface area (Å²) in [6, 6.07) is 0.685. The molecule has 17 heavy (non-hydrogen) atoms. The summed E-state index contributed by atoms with van der Waals surface area (Å²) in [6.45, 7) is 6.34. The lowest BCUT2D eigenvalue weighted by Crippen LogP contribution is -2.47. The van der Waals surface area contributed by atoms with Gasteiger partial charge in [-0.05, 0) is 32.7 Å². The SMILES string of the molecule is CC[C@@H]1CCCCN1CC(=O)N[C@H](C)COC. The molecule has 100 valence electrons. The fourth-order valence-corrected chi connectivity index (χ4v) is 2.53. The molecule has 1 aliphatic heterocycles. The number of rotatable bonds is 6. The van der Waals surface area contributed by atoms with Crippen molar-refractivity contribution in [2.24, 2.45) is 0 Å². The number of carbonyl (C=O) groups excluding carboxylic acids is 1. The molecule has 0 aromatic carbocycles. The van der Waals surface area contributed by atoms with Crippen molar-refractivity contribution in [1.29, 1.82) is 0 Å². The number of carbonyl (C=O) groups is 1. The van der Waals surface area contributed by atoms with Crippen LogP contribution < -0.4 is 5.32 Å². The van der Waals surface area contributed by atoms with Crippen LogP contribution in [0.5, 0.6) is 0 Å². The van der Waals surface area contributed by atoms with Crippen LogP contribution in [0.4, 0.5) is 0 Å². The molecule has 4 nitrogen and oxygen atoms in total. The Morgan fingerprint density at radius 1 is 1.53 bits per heavy atom. The van der Waals surface area contributed by atoms with E-state index in [9.17, 15) is 4.79 Å². The van der Waals surface area contributed by atoms with Crippen molar-refractivity contribution in [1.82, 2.24) is 10.2 Å². The van der Waals surface area contributed by atoms with E-state index in [1.165, 1.54) is 19.3 Å². The van der Waals surface area contributed by atoms with E-state index in [1.807, 2.05) is 6.92 Å². The maximum Gasteiger partial charge on any atom is 0.234 e. The van der Waals surface area contributed by atoms with Crippen LogP contribution in [0.1, 0.15) is 39.5 Å². The van der Waals surface area contributed by atoms with Crippen molar-refractivity contribution in [2.45, 2.75) is 51.6 Å². The molecule has 0 radical (unpaired) electrons. The van der Waals surface area contributed by atoms with E-state index < -0.39 is 0 Å². The van der Waals surface area contributed by atoms with E-state index in [4.69, 9.17) is 4.74 Å². The minimum Gasteiger partial charge on any atom is -0.383 e. The summed E-state index contributed by atoms with van der Waals surface area (Å²) in [4.78, 5) is 14.2. The summed E-state index contributed by atoms with van der Waals surface area (Å²) < 4.78 is 5.01. The summed E-state index contributed by atoms with van der Waals surface area (Å²) in [7, 11) is 1.65. The topological polar surface area (TPSA) is 41.6 Å². The van der Waals surface area contributed by atoms with Gasteiger partial charge in [0.15, 0.2) is 0 Å². The van der Waals surface area contributed by atoms with Crippen molar-refractivity contribution in [3.63, 3.8) is 0 Å². The zero-order chi connectivity index (χ0) is 12.7. The van der Waals surface area contributed by atoms with Gasteiger partial charge >= 0.3 is 0 Å². The van der Waals surface area contributed by atoms with Gasteiger partial charge in [-0.15, -0.1) is 0 Å². The van der Waals surface area contributed by atoms with E-state index >= 15 is 0 Å². The van der Waals surface area contributed by atoms with Crippen molar-refractivity contribution in [2.75, 3.05) is 26.8 Å². The number of nitrogens with zero attached hydrogens (tertiary/aromatic N) is 1. The number of hydrogen-bond acceptors (Lipinski definition) is 3. The van der Waals surface area contributed by atoms with E-state index in [0.717, 1.165) is 13.0 Å². The van der Waals surface area contributed by atoms with Gasteiger partial charge in [-0.25, -0.2) is 0 Å². The lowest BCUT2D eigenvalue weighted by atomic mass is 10.00. The molecular formula is C13H26N2O2. The normalized spacial score (nSPS) is 23.4. The molecule has 0 bridgehead atoms. The zero-order valence-electron chi connectivity index (χ0n) is 11.4. The van der Waals surface area contributed by atoms with Gasteiger partial charge in [0.25, 0.3) is 0 Å². The van der Waals surface area contributed by atoms with Crippen LogP contribution in [0.2, 0.25) is 0 Å². The molecule has 1 aliphatic rings. The highest BCUT2D eigenvalue weighted by Gasteiger charge is 2.22. The average molecular weight is 242 g/mol. The average Bonchev–Trinajstić information content (AvgIpc) is 2.29. The third-order valence-corrected chi connectivity index (χ3v) is 3.39. The zero-order valence-corrected chi connectivity index (χ0v) is 11.4. The van der Waals surface area contributed by atoms with Gasteiger partial charge in [0.05, 0.1) is 13.2 Å². The molecule has 1 heterocycles. The maximum absolute atomic E-state index is 11.8. The minimum absolute atomic E-state index is 0.0948. The Kier molecular flexibility index (Phi) is 6.52. The van der Waals surface area contributed by atoms with Crippen LogP contribution in [0.3, 0.4) is 0 Å². The van der Waals surface area contributed by atoms with Gasteiger partial charge in [-0.1, -0.05) is 13.3 Å². The molecule has 4 heteroatoms. The molecule has 0 aromatic heterocycles. The highest BCUT2D eigenvalue weighted by molar-refractivity contribution is 5.78. The Hall–Kier alpha value is -0.610. The molecule has 0 saturated carbocycles. The maximum atomic E-state index is 11.8. The largest absolute Gasteiger partial charge is 0.383 e. The smallest absolute Gasteiger partial charge is 0.234 e. The Morgan fingerprint density at radius 3 is 2.94 bits per heavy atom. The number of ether oxygens (including phenoxy) is 1. The van der Waals surface area contributed by atoms with Crippen LogP contribution in [0.15, 0.2) is 0 Å². The summed E-state index contributed by atoms with van der Waals surface area (Å²) in [5.74, 6) is 0.120. The quantitative estimate of drug-likeness (QED) is 0.765. The number of amides is 1. The summed E-state index contributed by atoms with van der Waals surface area (Å²) >= 11 is 0. The lowest BCUT2D eigenvalue weighted by Gasteiger charge is -2.34. The first-order valence-electron chi connectivity index (χ1n) is 6.69. The molecule has 1 saturated heterocycles. The van der Waals surface area contributed by atoms with Crippen molar-refractivity contribution in [3.8, 4) is 0 Å².